The van der Waals surface area contributed by atoms with Crippen LogP contribution < -0.4 is 25.7 Å². The van der Waals surface area contributed by atoms with Crippen molar-refractivity contribution in [3.63, 3.8) is 0 Å². The van der Waals surface area contributed by atoms with Crippen molar-refractivity contribution in [1.29, 1.82) is 0 Å². The van der Waals surface area contributed by atoms with Gasteiger partial charge in [-0.15, -0.1) is 0 Å². The van der Waals surface area contributed by atoms with E-state index in [9.17, 15) is 33.9 Å². The number of aromatic carboxylic acids is 1. The maximum Gasteiger partial charge on any atom is 0.410 e. The van der Waals surface area contributed by atoms with Crippen LogP contribution in [0, 0.1) is 11.7 Å². The fourth-order valence-electron chi connectivity index (χ4n) is 5.83. The number of thioether (sulfide) groups is 1. The van der Waals surface area contributed by atoms with Crippen LogP contribution in [0.5, 0.6) is 5.75 Å². The van der Waals surface area contributed by atoms with Gasteiger partial charge in [-0.1, -0.05) is 26.0 Å². The van der Waals surface area contributed by atoms with Crippen LogP contribution in [0.3, 0.4) is 0 Å². The third kappa shape index (κ3) is 10.0. The smallest absolute Gasteiger partial charge is 0.410 e. The van der Waals surface area contributed by atoms with E-state index < -0.39 is 52.8 Å². The van der Waals surface area contributed by atoms with Crippen LogP contribution in [0.25, 0.3) is 10.9 Å². The van der Waals surface area contributed by atoms with Crippen molar-refractivity contribution in [2.75, 3.05) is 43.1 Å². The molecule has 1 saturated heterocycles. The number of fused-ring (bicyclic) bond motifs is 1. The van der Waals surface area contributed by atoms with Gasteiger partial charge in [0.1, 0.15) is 35.8 Å². The molecule has 2 atom stereocenters. The number of piperazine rings is 1. The first kappa shape index (κ1) is 39.7. The van der Waals surface area contributed by atoms with Gasteiger partial charge in [-0.2, -0.15) is 11.8 Å². The lowest BCUT2D eigenvalue weighted by Crippen LogP contribution is -2.51. The predicted molar refractivity (Wildman–Crippen MR) is 194 cm³/mol. The number of esters is 1. The van der Waals surface area contributed by atoms with E-state index in [1.807, 2.05) is 20.1 Å². The lowest BCUT2D eigenvalue weighted by atomic mass is 10.0. The Bertz CT molecular complexity index is 1830. The highest BCUT2D eigenvalue weighted by atomic mass is 32.2. The number of carbonyl (C=O) groups excluding carboxylic acids is 4. The van der Waals surface area contributed by atoms with Crippen molar-refractivity contribution in [2.24, 2.45) is 5.92 Å². The molecule has 1 aliphatic heterocycles. The zero-order chi connectivity index (χ0) is 37.9. The number of halogens is 1. The van der Waals surface area contributed by atoms with Gasteiger partial charge in [0.05, 0.1) is 11.2 Å². The monoisotopic (exact) mass is 741 g/mol. The topological polar surface area (TPSA) is 177 Å². The number of hydrogen-bond donors (Lipinski definition) is 3. The number of amides is 3. The Morgan fingerprint density at radius 3 is 2.35 bits per heavy atom. The van der Waals surface area contributed by atoms with Crippen LogP contribution >= 0.6 is 11.8 Å². The van der Waals surface area contributed by atoms with Crippen molar-refractivity contribution in [3.8, 4) is 5.75 Å². The average Bonchev–Trinajstić information content (AvgIpc) is 3.12. The molecule has 3 aromatic rings. The molecule has 280 valence electrons. The number of aromatic nitrogens is 1. The molecule has 1 aliphatic rings. The molecule has 2 heterocycles. The van der Waals surface area contributed by atoms with Crippen molar-refractivity contribution in [1.82, 2.24) is 20.1 Å². The third-order valence-electron chi connectivity index (χ3n) is 8.61. The number of ether oxygens (including phenoxy) is 2. The van der Waals surface area contributed by atoms with E-state index in [4.69, 9.17) is 9.47 Å². The summed E-state index contributed by atoms with van der Waals surface area (Å²) >= 11 is 1.54. The van der Waals surface area contributed by atoms with E-state index in [0.717, 1.165) is 6.07 Å². The first-order valence-electron chi connectivity index (χ1n) is 16.9. The summed E-state index contributed by atoms with van der Waals surface area (Å²) in [5, 5.41) is 14.6. The van der Waals surface area contributed by atoms with E-state index in [1.54, 1.807) is 40.7 Å². The Morgan fingerprint density at radius 1 is 1.06 bits per heavy atom. The molecule has 14 nitrogen and oxygen atoms in total. The summed E-state index contributed by atoms with van der Waals surface area (Å²) in [5.41, 5.74) is 0.119. The second-order valence-corrected chi connectivity index (χ2v) is 13.7. The van der Waals surface area contributed by atoms with E-state index in [2.05, 4.69) is 10.6 Å². The summed E-state index contributed by atoms with van der Waals surface area (Å²) in [7, 11) is 0. The molecule has 0 bridgehead atoms. The molecule has 16 heteroatoms. The maximum absolute atomic E-state index is 15.2. The third-order valence-corrected chi connectivity index (χ3v) is 9.25. The minimum atomic E-state index is -1.38. The fraction of sp³-hybridized carbons (Fsp3) is 0.444. The number of aryl methyl sites for hydroxylation is 1. The van der Waals surface area contributed by atoms with Gasteiger partial charge in [0.2, 0.25) is 17.7 Å². The molecule has 3 N–H and O–H groups in total. The number of pyridine rings is 1. The summed E-state index contributed by atoms with van der Waals surface area (Å²) in [6.07, 6.45) is 3.80. The highest BCUT2D eigenvalue weighted by Gasteiger charge is 2.28. The number of carboxylic acid groups (broad SMARTS) is 1. The Labute approximate surface area is 304 Å². The largest absolute Gasteiger partial charge is 0.477 e. The maximum atomic E-state index is 15.2. The molecule has 3 amide bonds. The van der Waals surface area contributed by atoms with Crippen molar-refractivity contribution in [2.45, 2.75) is 58.8 Å². The molecule has 4 rings (SSSR count). The lowest BCUT2D eigenvalue weighted by molar-refractivity contribution is -0.140. The molecule has 0 radical (unpaired) electrons. The number of anilines is 1. The zero-order valence-corrected chi connectivity index (χ0v) is 30.4. The summed E-state index contributed by atoms with van der Waals surface area (Å²) in [4.78, 5) is 77.3. The number of benzene rings is 2. The minimum absolute atomic E-state index is 0.0179. The molecule has 2 aromatic carbocycles. The van der Waals surface area contributed by atoms with Gasteiger partial charge in [0.25, 0.3) is 0 Å². The van der Waals surface area contributed by atoms with Crippen molar-refractivity contribution >= 4 is 58.7 Å². The minimum Gasteiger partial charge on any atom is -0.477 e. The molecule has 0 spiro atoms. The lowest BCUT2D eigenvalue weighted by Gasteiger charge is -2.35. The molecule has 0 aliphatic carbocycles. The zero-order valence-electron chi connectivity index (χ0n) is 29.6. The van der Waals surface area contributed by atoms with Crippen molar-refractivity contribution < 1.29 is 42.9 Å². The summed E-state index contributed by atoms with van der Waals surface area (Å²) in [5.74, 6) is -2.20. The summed E-state index contributed by atoms with van der Waals surface area (Å²) in [6.45, 7) is 7.03. The Hall–Kier alpha value is -5.12. The number of carbonyl (C=O) groups is 5. The number of nitrogens with one attached hydrogen (secondary N) is 2. The second kappa shape index (κ2) is 18.4. The normalized spacial score (nSPS) is 14.1. The Kier molecular flexibility index (Phi) is 14.0. The molecular weight excluding hydrogens is 697 g/mol. The predicted octanol–water partition coefficient (Wildman–Crippen LogP) is 3.62. The Morgan fingerprint density at radius 2 is 1.75 bits per heavy atom. The van der Waals surface area contributed by atoms with Gasteiger partial charge in [-0.05, 0) is 67.5 Å². The van der Waals surface area contributed by atoms with Gasteiger partial charge < -0.3 is 39.6 Å². The van der Waals surface area contributed by atoms with Crippen LogP contribution in [-0.4, -0.2) is 95.2 Å². The number of carboxylic acids is 1. The second-order valence-electron chi connectivity index (χ2n) is 12.7. The van der Waals surface area contributed by atoms with Crippen LogP contribution in [0.1, 0.15) is 49.5 Å². The van der Waals surface area contributed by atoms with E-state index in [1.165, 1.54) is 28.9 Å². The van der Waals surface area contributed by atoms with Crippen LogP contribution in [0.2, 0.25) is 0 Å². The van der Waals surface area contributed by atoms with Gasteiger partial charge in [0, 0.05) is 44.3 Å². The first-order valence-corrected chi connectivity index (χ1v) is 18.3. The number of nitrogens with zero attached hydrogens (tertiary/aromatic N) is 3. The van der Waals surface area contributed by atoms with Crippen LogP contribution in [0.4, 0.5) is 14.9 Å². The van der Waals surface area contributed by atoms with Gasteiger partial charge in [-0.3, -0.25) is 14.4 Å². The van der Waals surface area contributed by atoms with Gasteiger partial charge in [-0.25, -0.2) is 18.8 Å². The highest BCUT2D eigenvalue weighted by molar-refractivity contribution is 7.98. The molecule has 52 heavy (non-hydrogen) atoms. The molecule has 1 unspecified atom stereocenters. The van der Waals surface area contributed by atoms with E-state index in [-0.39, 0.29) is 42.4 Å². The van der Waals surface area contributed by atoms with Gasteiger partial charge >= 0.3 is 18.0 Å². The SMILES string of the molecule is CCn1cc(C(=O)O)c(=O)c2cc(F)c(N3CCN(C(=O)OCc4ccc(OC(=O)C(CC(C)C)NC(=O)[C@H](CCSC)NC=O)cc4)CC3)cc21. The Balaban J connectivity index is 1.31. The summed E-state index contributed by atoms with van der Waals surface area (Å²) < 4.78 is 27.9. The fourth-order valence-corrected chi connectivity index (χ4v) is 6.30. The summed E-state index contributed by atoms with van der Waals surface area (Å²) in [6, 6.07) is 7.31. The molecule has 0 saturated carbocycles. The number of hydrogen-bond acceptors (Lipinski definition) is 10. The van der Waals surface area contributed by atoms with Crippen molar-refractivity contribution in [3.05, 3.63) is 69.8 Å². The van der Waals surface area contributed by atoms with Crippen LogP contribution in [-0.2, 0) is 32.3 Å². The molecule has 1 fully saturated rings. The first-order chi connectivity index (χ1) is 24.9. The van der Waals surface area contributed by atoms with E-state index >= 15 is 4.39 Å². The van der Waals surface area contributed by atoms with Crippen LogP contribution in [0.15, 0.2) is 47.4 Å². The molecular formula is C36H44FN5O9S. The van der Waals surface area contributed by atoms with Gasteiger partial charge in [0.15, 0.2) is 0 Å². The standard InChI is InChI=1S/C36H44FN5O9S/c1-5-40-19-26(34(46)47)32(44)25-17-27(37)31(18-30(25)40)41-11-13-42(14-12-41)36(49)50-20-23-6-8-24(9-7-23)51-35(48)29(16-22(2)3)39-33(45)28(38-21-43)10-15-52-4/h6-9,17-19,21-22,28-29H,5,10-16,20H2,1-4H3,(H,38,43)(H,39,45)(H,46,47)/t28-,29?/m0/s1. The highest BCUT2D eigenvalue weighted by Crippen LogP contribution is 2.27. The average molecular weight is 742 g/mol. The molecule has 1 aromatic heterocycles. The number of rotatable bonds is 16. The van der Waals surface area contributed by atoms with E-state index in [0.29, 0.717) is 55.7 Å². The quantitative estimate of drug-likeness (QED) is 0.111.